The number of nitrogens with zero attached hydrogens (tertiary/aromatic N) is 5. The molecule has 1 saturated heterocycles. The van der Waals surface area contributed by atoms with E-state index < -0.39 is 5.69 Å². The number of benzene rings is 2. The summed E-state index contributed by atoms with van der Waals surface area (Å²) >= 11 is 6.87. The Morgan fingerprint density at radius 3 is 2.51 bits per heavy atom. The highest BCUT2D eigenvalue weighted by molar-refractivity contribution is 6.34. The summed E-state index contributed by atoms with van der Waals surface area (Å²) in [6, 6.07) is 13.0. The summed E-state index contributed by atoms with van der Waals surface area (Å²) in [5, 5.41) is 11.8. The van der Waals surface area contributed by atoms with Crippen LogP contribution in [0.3, 0.4) is 0 Å². The summed E-state index contributed by atoms with van der Waals surface area (Å²) < 4.78 is 1.57. The van der Waals surface area contributed by atoms with Crippen LogP contribution in [0.2, 0.25) is 5.02 Å². The fourth-order valence-electron chi connectivity index (χ4n) is 5.62. The molecule has 0 spiro atoms. The van der Waals surface area contributed by atoms with Crippen molar-refractivity contribution in [2.24, 2.45) is 0 Å². The highest BCUT2D eigenvalue weighted by Gasteiger charge is 2.30. The summed E-state index contributed by atoms with van der Waals surface area (Å²) in [6.07, 6.45) is 1.32. The molecule has 2 aromatic carbocycles. The van der Waals surface area contributed by atoms with Crippen molar-refractivity contribution in [3.05, 3.63) is 87.3 Å². The zero-order valence-electron chi connectivity index (χ0n) is 24.0. The van der Waals surface area contributed by atoms with Gasteiger partial charge in [-0.05, 0) is 61.6 Å². The zero-order valence-corrected chi connectivity index (χ0v) is 24.7. The van der Waals surface area contributed by atoms with Gasteiger partial charge in [-0.2, -0.15) is 4.98 Å². The molecule has 1 aliphatic heterocycles. The summed E-state index contributed by atoms with van der Waals surface area (Å²) in [5.74, 6) is 0.556. The molecule has 1 fully saturated rings. The molecule has 0 aliphatic carbocycles. The molecule has 4 aromatic rings. The Morgan fingerprint density at radius 1 is 1.12 bits per heavy atom. The van der Waals surface area contributed by atoms with Gasteiger partial charge in [0.05, 0.1) is 21.8 Å². The molecule has 5 rings (SSSR count). The van der Waals surface area contributed by atoms with Crippen molar-refractivity contribution in [2.75, 3.05) is 24.5 Å². The highest BCUT2D eigenvalue weighted by Crippen LogP contribution is 2.39. The minimum Gasteiger partial charge on any atom is -0.507 e. The second kappa shape index (κ2) is 11.0. The number of phenols is 1. The third kappa shape index (κ3) is 4.97. The Labute approximate surface area is 244 Å². The molecule has 1 N–H and O–H groups in total. The van der Waals surface area contributed by atoms with E-state index in [1.54, 1.807) is 21.6 Å². The Bertz CT molecular complexity index is 1750. The molecule has 2 aromatic heterocycles. The van der Waals surface area contributed by atoms with Crippen molar-refractivity contribution in [3.63, 3.8) is 0 Å². The summed E-state index contributed by atoms with van der Waals surface area (Å²) in [4.78, 5) is 39.7. The van der Waals surface area contributed by atoms with Crippen LogP contribution in [0.15, 0.2) is 59.9 Å². The number of aromatic nitrogens is 3. The lowest BCUT2D eigenvalue weighted by atomic mass is 9.98. The topological polar surface area (TPSA) is 91.6 Å². The number of para-hydroxylation sites is 2. The van der Waals surface area contributed by atoms with E-state index in [0.29, 0.717) is 58.3 Å². The number of carbonyl (C=O) groups excluding carboxylic acids is 1. The third-order valence-electron chi connectivity index (χ3n) is 7.79. The first-order valence-electron chi connectivity index (χ1n) is 13.7. The maximum absolute atomic E-state index is 14.0. The number of rotatable bonds is 5. The molecule has 1 aliphatic rings. The van der Waals surface area contributed by atoms with E-state index in [4.69, 9.17) is 16.6 Å². The van der Waals surface area contributed by atoms with Gasteiger partial charge in [0.1, 0.15) is 11.6 Å². The number of fused-ring (bicyclic) bond motifs is 1. The molecule has 0 saturated carbocycles. The van der Waals surface area contributed by atoms with Gasteiger partial charge < -0.3 is 14.9 Å². The maximum Gasteiger partial charge on any atom is 0.355 e. The Morgan fingerprint density at radius 2 is 1.83 bits per heavy atom. The third-order valence-corrected chi connectivity index (χ3v) is 8.08. The Kier molecular flexibility index (Phi) is 7.62. The smallest absolute Gasteiger partial charge is 0.355 e. The van der Waals surface area contributed by atoms with Crippen LogP contribution in [-0.2, 0) is 4.79 Å². The minimum absolute atomic E-state index is 0.0832. The van der Waals surface area contributed by atoms with Gasteiger partial charge in [-0.15, -0.1) is 0 Å². The minimum atomic E-state index is -0.463. The van der Waals surface area contributed by atoms with Gasteiger partial charge >= 0.3 is 5.69 Å². The van der Waals surface area contributed by atoms with E-state index in [1.807, 2.05) is 56.0 Å². The number of piperazine rings is 1. The molecular weight excluding hydrogens is 538 g/mol. The Hall–Kier alpha value is -4.17. The largest absolute Gasteiger partial charge is 0.507 e. The van der Waals surface area contributed by atoms with Crippen molar-refractivity contribution in [2.45, 2.75) is 46.6 Å². The lowest BCUT2D eigenvalue weighted by Gasteiger charge is -2.40. The second-order valence-electron chi connectivity index (χ2n) is 10.9. The van der Waals surface area contributed by atoms with Crippen LogP contribution in [0, 0.1) is 13.8 Å². The SMILES string of the molecule is C=CC(=O)N1CCN(c2nc(=O)n(-c3c(C)cccc3C(C)C)c3nc(-c4cccc(C)c4O)c(Cl)cc23)[C@@H](C)C1. The predicted octanol–water partition coefficient (Wildman–Crippen LogP) is 5.77. The number of halogens is 1. The first-order chi connectivity index (χ1) is 19.5. The van der Waals surface area contributed by atoms with E-state index in [0.717, 1.165) is 16.8 Å². The van der Waals surface area contributed by atoms with Gasteiger partial charge in [-0.25, -0.2) is 14.3 Å². The second-order valence-corrected chi connectivity index (χ2v) is 11.3. The number of hydrogen-bond acceptors (Lipinski definition) is 6. The van der Waals surface area contributed by atoms with Crippen LogP contribution < -0.4 is 10.6 Å². The molecule has 9 heteroatoms. The number of aryl methyl sites for hydroxylation is 2. The van der Waals surface area contributed by atoms with Gasteiger partial charge in [-0.3, -0.25) is 4.79 Å². The molecule has 212 valence electrons. The number of amides is 1. The van der Waals surface area contributed by atoms with E-state index in [9.17, 15) is 14.7 Å². The number of phenolic OH excluding ortho intramolecular Hbond substituents is 1. The van der Waals surface area contributed by atoms with E-state index in [1.165, 1.54) is 6.08 Å². The van der Waals surface area contributed by atoms with Crippen molar-refractivity contribution in [1.29, 1.82) is 0 Å². The first kappa shape index (κ1) is 28.4. The van der Waals surface area contributed by atoms with E-state index in [-0.39, 0.29) is 23.6 Å². The number of aromatic hydroxyl groups is 1. The lowest BCUT2D eigenvalue weighted by Crippen LogP contribution is -2.54. The lowest BCUT2D eigenvalue weighted by molar-refractivity contribution is -0.126. The highest BCUT2D eigenvalue weighted by atomic mass is 35.5. The van der Waals surface area contributed by atoms with Crippen molar-refractivity contribution >= 4 is 34.4 Å². The van der Waals surface area contributed by atoms with Gasteiger partial charge in [0.2, 0.25) is 5.91 Å². The number of carbonyl (C=O) groups is 1. The predicted molar refractivity (Wildman–Crippen MR) is 164 cm³/mol. The molecule has 8 nitrogen and oxygen atoms in total. The van der Waals surface area contributed by atoms with Crippen molar-refractivity contribution in [1.82, 2.24) is 19.4 Å². The first-order valence-corrected chi connectivity index (χ1v) is 14.1. The molecule has 1 atom stereocenters. The van der Waals surface area contributed by atoms with Gasteiger partial charge in [0.15, 0.2) is 5.65 Å². The number of hydrogen-bond donors (Lipinski definition) is 1. The number of anilines is 1. The standard InChI is InChI=1S/C32H34ClN5O3/c1-7-26(39)36-14-15-37(21(6)17-36)30-24-16-25(33)27(23-13-9-11-20(5)29(23)40)34-31(24)38(32(41)35-30)28-19(4)10-8-12-22(28)18(2)3/h7-13,16,18,21,40H,1,14-15,17H2,2-6H3/t21-/m0/s1. The fraction of sp³-hybridized carbons (Fsp3) is 0.312. The van der Waals surface area contributed by atoms with Gasteiger partial charge in [0.25, 0.3) is 0 Å². The quantitative estimate of drug-likeness (QED) is 0.306. The molecule has 0 unspecified atom stereocenters. The fourth-order valence-corrected chi connectivity index (χ4v) is 5.87. The zero-order chi connectivity index (χ0) is 29.6. The van der Waals surface area contributed by atoms with Crippen LogP contribution in [-0.4, -0.2) is 56.1 Å². The van der Waals surface area contributed by atoms with Crippen LogP contribution >= 0.6 is 11.6 Å². The van der Waals surface area contributed by atoms with Crippen molar-refractivity contribution in [3.8, 4) is 22.7 Å². The van der Waals surface area contributed by atoms with Gasteiger partial charge in [-0.1, -0.05) is 62.4 Å². The molecule has 41 heavy (non-hydrogen) atoms. The molecule has 3 heterocycles. The van der Waals surface area contributed by atoms with Gasteiger partial charge in [0, 0.05) is 31.2 Å². The van der Waals surface area contributed by atoms with E-state index in [2.05, 4.69) is 25.4 Å². The van der Waals surface area contributed by atoms with Crippen LogP contribution in [0.5, 0.6) is 5.75 Å². The molecule has 0 radical (unpaired) electrons. The van der Waals surface area contributed by atoms with E-state index >= 15 is 0 Å². The number of pyridine rings is 1. The molecular formula is C32H34ClN5O3. The normalized spacial score (nSPS) is 15.5. The maximum atomic E-state index is 14.0. The van der Waals surface area contributed by atoms with Crippen LogP contribution in [0.25, 0.3) is 28.0 Å². The average Bonchev–Trinajstić information content (AvgIpc) is 2.94. The molecule has 1 amide bonds. The van der Waals surface area contributed by atoms with Crippen molar-refractivity contribution < 1.29 is 9.90 Å². The van der Waals surface area contributed by atoms with Crippen LogP contribution in [0.4, 0.5) is 5.82 Å². The monoisotopic (exact) mass is 571 g/mol. The average molecular weight is 572 g/mol. The summed E-state index contributed by atoms with van der Waals surface area (Å²) in [7, 11) is 0. The van der Waals surface area contributed by atoms with Crippen LogP contribution in [0.1, 0.15) is 43.4 Å². The molecule has 0 bridgehead atoms. The summed E-state index contributed by atoms with van der Waals surface area (Å²) in [5.41, 5.74) is 4.12. The summed E-state index contributed by atoms with van der Waals surface area (Å²) in [6.45, 7) is 15.0. The Balaban J connectivity index is 1.82.